The zero-order valence-corrected chi connectivity index (χ0v) is 6.55. The van der Waals surface area contributed by atoms with Crippen molar-refractivity contribution < 1.29 is 13.5 Å². The predicted molar refractivity (Wildman–Crippen MR) is 39.6 cm³/mol. The van der Waals surface area contributed by atoms with Gasteiger partial charge in [0.2, 0.25) is 0 Å². The van der Waals surface area contributed by atoms with Crippen LogP contribution in [0.4, 0.5) is 8.78 Å². The smallest absolute Gasteiger partial charge is 0.132 e. The third kappa shape index (κ3) is 1.20. The molecule has 0 amide bonds. The third-order valence-corrected chi connectivity index (χ3v) is 1.98. The SMILES string of the molecule is C[C@H]1OC1c1ccc(F)cc1F. The summed E-state index contributed by atoms with van der Waals surface area (Å²) in [6.45, 7) is 1.85. The lowest BCUT2D eigenvalue weighted by Gasteiger charge is -1.97. The maximum atomic E-state index is 13.0. The van der Waals surface area contributed by atoms with Gasteiger partial charge in [0, 0.05) is 11.6 Å². The molecule has 1 fully saturated rings. The molecule has 1 nitrogen and oxygen atoms in total. The Morgan fingerprint density at radius 2 is 2.00 bits per heavy atom. The summed E-state index contributed by atoms with van der Waals surface area (Å²) in [5.41, 5.74) is 0.448. The second-order valence-corrected chi connectivity index (χ2v) is 2.93. The predicted octanol–water partition coefficient (Wildman–Crippen LogP) is 2.42. The number of halogens is 2. The molecule has 2 atom stereocenters. The Labute approximate surface area is 69.0 Å². The number of rotatable bonds is 1. The van der Waals surface area contributed by atoms with Gasteiger partial charge in [-0.15, -0.1) is 0 Å². The maximum absolute atomic E-state index is 13.0. The van der Waals surface area contributed by atoms with E-state index < -0.39 is 11.6 Å². The highest BCUT2D eigenvalue weighted by Crippen LogP contribution is 2.39. The van der Waals surface area contributed by atoms with E-state index in [4.69, 9.17) is 4.74 Å². The molecule has 0 aliphatic carbocycles. The monoisotopic (exact) mass is 170 g/mol. The van der Waals surface area contributed by atoms with Gasteiger partial charge in [0.25, 0.3) is 0 Å². The molecule has 0 radical (unpaired) electrons. The number of epoxide rings is 1. The van der Waals surface area contributed by atoms with Gasteiger partial charge in [-0.05, 0) is 13.0 Å². The van der Waals surface area contributed by atoms with Crippen molar-refractivity contribution in [3.05, 3.63) is 35.4 Å². The average molecular weight is 170 g/mol. The van der Waals surface area contributed by atoms with Gasteiger partial charge in [-0.1, -0.05) is 6.07 Å². The summed E-state index contributed by atoms with van der Waals surface area (Å²) in [6, 6.07) is 3.55. The van der Waals surface area contributed by atoms with Crippen molar-refractivity contribution >= 4 is 0 Å². The third-order valence-electron chi connectivity index (χ3n) is 1.98. The van der Waals surface area contributed by atoms with Crippen LogP contribution in [0.15, 0.2) is 18.2 Å². The molecule has 1 aromatic carbocycles. The summed E-state index contributed by atoms with van der Waals surface area (Å²) >= 11 is 0. The maximum Gasteiger partial charge on any atom is 0.132 e. The fourth-order valence-electron chi connectivity index (χ4n) is 1.24. The van der Waals surface area contributed by atoms with Crippen molar-refractivity contribution in [1.82, 2.24) is 0 Å². The van der Waals surface area contributed by atoms with Gasteiger partial charge in [0.05, 0.1) is 6.10 Å². The lowest BCUT2D eigenvalue weighted by molar-refractivity contribution is 0.378. The number of ether oxygens (including phenoxy) is 1. The van der Waals surface area contributed by atoms with Gasteiger partial charge in [-0.3, -0.25) is 0 Å². The first-order chi connectivity index (χ1) is 5.68. The molecular formula is C9H8F2O. The number of hydrogen-bond acceptors (Lipinski definition) is 1. The lowest BCUT2D eigenvalue weighted by Crippen LogP contribution is -1.90. The van der Waals surface area contributed by atoms with Crippen LogP contribution < -0.4 is 0 Å². The molecule has 1 aliphatic heterocycles. The molecule has 1 saturated heterocycles. The van der Waals surface area contributed by atoms with Crippen LogP contribution in [0.1, 0.15) is 18.6 Å². The van der Waals surface area contributed by atoms with Gasteiger partial charge in [-0.2, -0.15) is 0 Å². The molecule has 12 heavy (non-hydrogen) atoms. The minimum absolute atomic E-state index is 0.0601. The topological polar surface area (TPSA) is 12.5 Å². The Hall–Kier alpha value is -0.960. The molecule has 0 N–H and O–H groups in total. The summed E-state index contributed by atoms with van der Waals surface area (Å²) in [6.07, 6.45) is -0.115. The Morgan fingerprint density at radius 3 is 2.50 bits per heavy atom. The highest BCUT2D eigenvalue weighted by molar-refractivity contribution is 5.24. The summed E-state index contributed by atoms with van der Waals surface area (Å²) in [5.74, 6) is -1.08. The molecule has 0 spiro atoms. The summed E-state index contributed by atoms with van der Waals surface area (Å²) in [5, 5.41) is 0. The van der Waals surface area contributed by atoms with E-state index in [9.17, 15) is 8.78 Å². The van der Waals surface area contributed by atoms with Crippen molar-refractivity contribution in [2.45, 2.75) is 19.1 Å². The largest absolute Gasteiger partial charge is 0.365 e. The average Bonchev–Trinajstić information content (AvgIpc) is 2.66. The molecule has 0 bridgehead atoms. The Bertz CT molecular complexity index is 311. The molecule has 0 aromatic heterocycles. The molecule has 0 saturated carbocycles. The Balaban J connectivity index is 2.33. The van der Waals surface area contributed by atoms with Gasteiger partial charge in [0.15, 0.2) is 0 Å². The number of hydrogen-bond donors (Lipinski definition) is 0. The highest BCUT2D eigenvalue weighted by Gasteiger charge is 2.37. The lowest BCUT2D eigenvalue weighted by atomic mass is 10.1. The molecule has 1 unspecified atom stereocenters. The van der Waals surface area contributed by atoms with E-state index in [-0.39, 0.29) is 12.2 Å². The molecule has 3 heteroatoms. The second kappa shape index (κ2) is 2.52. The van der Waals surface area contributed by atoms with Crippen LogP contribution >= 0.6 is 0 Å². The van der Waals surface area contributed by atoms with E-state index >= 15 is 0 Å². The van der Waals surface area contributed by atoms with Crippen molar-refractivity contribution in [2.75, 3.05) is 0 Å². The first kappa shape index (κ1) is 7.68. The van der Waals surface area contributed by atoms with E-state index in [1.807, 2.05) is 6.92 Å². The van der Waals surface area contributed by atoms with E-state index in [2.05, 4.69) is 0 Å². The Morgan fingerprint density at radius 1 is 1.33 bits per heavy atom. The second-order valence-electron chi connectivity index (χ2n) is 2.93. The minimum Gasteiger partial charge on any atom is -0.365 e. The van der Waals surface area contributed by atoms with Crippen LogP contribution in [-0.2, 0) is 4.74 Å². The van der Waals surface area contributed by atoms with Gasteiger partial charge >= 0.3 is 0 Å². The standard InChI is InChI=1S/C9H8F2O/c1-5-9(12-5)7-3-2-6(10)4-8(7)11/h2-5,9H,1H3/t5-,9?/m1/s1. The quantitative estimate of drug-likeness (QED) is 0.589. The summed E-state index contributed by atoms with van der Waals surface area (Å²) in [7, 11) is 0. The normalized spacial score (nSPS) is 27.2. The first-order valence-electron chi connectivity index (χ1n) is 3.79. The molecule has 1 heterocycles. The van der Waals surface area contributed by atoms with E-state index in [0.717, 1.165) is 6.07 Å². The first-order valence-corrected chi connectivity index (χ1v) is 3.79. The van der Waals surface area contributed by atoms with E-state index in [1.54, 1.807) is 0 Å². The van der Waals surface area contributed by atoms with Crippen molar-refractivity contribution in [1.29, 1.82) is 0 Å². The fraction of sp³-hybridized carbons (Fsp3) is 0.333. The summed E-state index contributed by atoms with van der Waals surface area (Å²) < 4.78 is 30.5. The van der Waals surface area contributed by atoms with Crippen molar-refractivity contribution in [3.8, 4) is 0 Å². The van der Waals surface area contributed by atoms with Crippen LogP contribution in [0.25, 0.3) is 0 Å². The van der Waals surface area contributed by atoms with Crippen LogP contribution in [-0.4, -0.2) is 6.10 Å². The molecule has 1 aromatic rings. The van der Waals surface area contributed by atoms with E-state index in [1.165, 1.54) is 12.1 Å². The number of benzene rings is 1. The van der Waals surface area contributed by atoms with Gasteiger partial charge in [0.1, 0.15) is 17.7 Å². The molecule has 2 rings (SSSR count). The molecule has 64 valence electrons. The van der Waals surface area contributed by atoms with Crippen LogP contribution in [0.2, 0.25) is 0 Å². The Kier molecular flexibility index (Phi) is 1.61. The van der Waals surface area contributed by atoms with Crippen LogP contribution in [0.5, 0.6) is 0 Å². The van der Waals surface area contributed by atoms with Gasteiger partial charge in [-0.25, -0.2) is 8.78 Å². The summed E-state index contributed by atoms with van der Waals surface area (Å²) in [4.78, 5) is 0. The zero-order valence-electron chi connectivity index (χ0n) is 6.55. The van der Waals surface area contributed by atoms with E-state index in [0.29, 0.717) is 5.56 Å². The van der Waals surface area contributed by atoms with Crippen LogP contribution in [0, 0.1) is 11.6 Å². The van der Waals surface area contributed by atoms with Crippen molar-refractivity contribution in [3.63, 3.8) is 0 Å². The van der Waals surface area contributed by atoms with Crippen LogP contribution in [0.3, 0.4) is 0 Å². The van der Waals surface area contributed by atoms with Crippen molar-refractivity contribution in [2.24, 2.45) is 0 Å². The van der Waals surface area contributed by atoms with Gasteiger partial charge < -0.3 is 4.74 Å². The minimum atomic E-state index is -0.551. The highest BCUT2D eigenvalue weighted by atomic mass is 19.1. The molecular weight excluding hydrogens is 162 g/mol. The fourth-order valence-corrected chi connectivity index (χ4v) is 1.24. The zero-order chi connectivity index (χ0) is 8.72. The molecule has 1 aliphatic rings.